The third-order valence-electron chi connectivity index (χ3n) is 3.04. The molecule has 1 atom stereocenters. The van der Waals surface area contributed by atoms with Crippen molar-refractivity contribution < 1.29 is 0 Å². The molecule has 1 aliphatic rings. The molecule has 18 heavy (non-hydrogen) atoms. The highest BCUT2D eigenvalue weighted by atomic mass is 32.2. The van der Waals surface area contributed by atoms with Crippen LogP contribution in [0, 0.1) is 0 Å². The van der Waals surface area contributed by atoms with Gasteiger partial charge in [-0.2, -0.15) is 16.9 Å². The summed E-state index contributed by atoms with van der Waals surface area (Å²) in [5.74, 6) is 2.49. The molecule has 0 radical (unpaired) electrons. The van der Waals surface area contributed by atoms with Gasteiger partial charge in [0.25, 0.3) is 0 Å². The lowest BCUT2D eigenvalue weighted by Gasteiger charge is -2.13. The summed E-state index contributed by atoms with van der Waals surface area (Å²) in [6.45, 7) is 0.773. The summed E-state index contributed by atoms with van der Waals surface area (Å²) < 4.78 is 1.84. The molecule has 1 aromatic heterocycles. The average molecular weight is 260 g/mol. The van der Waals surface area contributed by atoms with E-state index in [2.05, 4.69) is 39.7 Å². The van der Waals surface area contributed by atoms with Gasteiger partial charge in [-0.3, -0.25) is 0 Å². The van der Waals surface area contributed by atoms with Gasteiger partial charge in [0.2, 0.25) is 0 Å². The van der Waals surface area contributed by atoms with Crippen LogP contribution in [-0.2, 0) is 6.54 Å². The molecule has 0 spiro atoms. The Bertz CT molecular complexity index is 491. The highest BCUT2D eigenvalue weighted by Gasteiger charge is 2.14. The van der Waals surface area contributed by atoms with Crippen LogP contribution in [0.25, 0.3) is 0 Å². The molecule has 3 rings (SSSR count). The van der Waals surface area contributed by atoms with Crippen molar-refractivity contribution in [2.45, 2.75) is 19.0 Å². The zero-order chi connectivity index (χ0) is 12.2. The van der Waals surface area contributed by atoms with Crippen molar-refractivity contribution in [3.8, 4) is 0 Å². The summed E-state index contributed by atoms with van der Waals surface area (Å²) >= 11 is 2.02. The van der Waals surface area contributed by atoms with Crippen molar-refractivity contribution in [2.75, 3.05) is 16.8 Å². The minimum atomic E-state index is 0.622. The fourth-order valence-corrected chi connectivity index (χ4v) is 3.30. The van der Waals surface area contributed by atoms with Crippen molar-refractivity contribution in [3.05, 3.63) is 42.5 Å². The number of hydrogen-bond acceptors (Lipinski definition) is 4. The molecule has 1 N–H and O–H groups in total. The highest BCUT2D eigenvalue weighted by molar-refractivity contribution is 7.99. The smallest absolute Gasteiger partial charge is 0.137 e. The van der Waals surface area contributed by atoms with Crippen molar-refractivity contribution >= 4 is 17.4 Å². The van der Waals surface area contributed by atoms with Gasteiger partial charge in [0.1, 0.15) is 12.7 Å². The Hall–Kier alpha value is -1.49. The molecule has 0 amide bonds. The molecular weight excluding hydrogens is 244 g/mol. The first-order chi connectivity index (χ1) is 8.90. The molecule has 5 heteroatoms. The van der Waals surface area contributed by atoms with E-state index in [1.807, 2.05) is 16.4 Å². The van der Waals surface area contributed by atoms with E-state index in [1.54, 1.807) is 12.7 Å². The standard InChI is InChI=1S/C13H16N4S/c1-2-11(7-17-10-14-9-15-17)6-12(3-1)16-13-4-5-18-8-13/h1-3,6,9-10,13,16H,4-5,7-8H2. The Kier molecular flexibility index (Phi) is 3.50. The molecule has 2 heterocycles. The maximum atomic E-state index is 4.13. The van der Waals surface area contributed by atoms with E-state index in [-0.39, 0.29) is 0 Å². The number of anilines is 1. The third kappa shape index (κ3) is 2.85. The van der Waals surface area contributed by atoms with Gasteiger partial charge in [-0.25, -0.2) is 9.67 Å². The number of hydrogen-bond donors (Lipinski definition) is 1. The molecule has 0 bridgehead atoms. The lowest BCUT2D eigenvalue weighted by Crippen LogP contribution is -2.18. The first kappa shape index (κ1) is 11.6. The second kappa shape index (κ2) is 5.44. The summed E-state index contributed by atoms with van der Waals surface area (Å²) in [6.07, 6.45) is 4.57. The zero-order valence-electron chi connectivity index (χ0n) is 10.1. The predicted octanol–water partition coefficient (Wildman–Crippen LogP) is 2.24. The lowest BCUT2D eigenvalue weighted by molar-refractivity contribution is 0.685. The number of thioether (sulfide) groups is 1. The predicted molar refractivity (Wildman–Crippen MR) is 74.9 cm³/mol. The number of nitrogens with zero attached hydrogens (tertiary/aromatic N) is 3. The van der Waals surface area contributed by atoms with Crippen LogP contribution in [-0.4, -0.2) is 32.3 Å². The molecule has 0 saturated carbocycles. The van der Waals surface area contributed by atoms with E-state index >= 15 is 0 Å². The lowest BCUT2D eigenvalue weighted by atomic mass is 10.1. The second-order valence-electron chi connectivity index (χ2n) is 4.50. The maximum absolute atomic E-state index is 4.13. The van der Waals surface area contributed by atoms with Crippen LogP contribution in [0.4, 0.5) is 5.69 Å². The summed E-state index contributed by atoms with van der Waals surface area (Å²) in [7, 11) is 0. The van der Waals surface area contributed by atoms with E-state index in [4.69, 9.17) is 0 Å². The van der Waals surface area contributed by atoms with Crippen molar-refractivity contribution in [2.24, 2.45) is 0 Å². The Labute approximate surface area is 111 Å². The average Bonchev–Trinajstić information content (AvgIpc) is 3.03. The topological polar surface area (TPSA) is 42.7 Å². The van der Waals surface area contributed by atoms with Gasteiger partial charge in [0.15, 0.2) is 0 Å². The minimum absolute atomic E-state index is 0.622. The van der Waals surface area contributed by atoms with E-state index in [0.717, 1.165) is 6.54 Å². The second-order valence-corrected chi connectivity index (χ2v) is 5.65. The number of aromatic nitrogens is 3. The van der Waals surface area contributed by atoms with E-state index in [0.29, 0.717) is 6.04 Å². The molecule has 2 aromatic rings. The van der Waals surface area contributed by atoms with Crippen molar-refractivity contribution in [3.63, 3.8) is 0 Å². The molecule has 0 aliphatic carbocycles. The molecule has 1 fully saturated rings. The van der Waals surface area contributed by atoms with Gasteiger partial charge in [-0.1, -0.05) is 12.1 Å². The van der Waals surface area contributed by atoms with Gasteiger partial charge in [-0.05, 0) is 29.9 Å². The van der Waals surface area contributed by atoms with Gasteiger partial charge in [-0.15, -0.1) is 0 Å². The molecule has 1 unspecified atom stereocenters. The Balaban J connectivity index is 1.68. The number of nitrogens with one attached hydrogen (secondary N) is 1. The summed E-state index contributed by atoms with van der Waals surface area (Å²) in [4.78, 5) is 3.96. The van der Waals surface area contributed by atoms with Gasteiger partial charge < -0.3 is 5.32 Å². The number of benzene rings is 1. The Morgan fingerprint density at radius 3 is 3.22 bits per heavy atom. The van der Waals surface area contributed by atoms with Crippen LogP contribution in [0.1, 0.15) is 12.0 Å². The largest absolute Gasteiger partial charge is 0.381 e. The monoisotopic (exact) mass is 260 g/mol. The van der Waals surface area contributed by atoms with Gasteiger partial charge in [0.05, 0.1) is 6.54 Å². The molecule has 1 aliphatic heterocycles. The summed E-state index contributed by atoms with van der Waals surface area (Å²) in [5, 5.41) is 7.72. The van der Waals surface area contributed by atoms with Gasteiger partial charge in [0, 0.05) is 17.5 Å². The Morgan fingerprint density at radius 1 is 1.44 bits per heavy atom. The molecule has 4 nitrogen and oxygen atoms in total. The number of rotatable bonds is 4. The van der Waals surface area contributed by atoms with Crippen LogP contribution in [0.15, 0.2) is 36.9 Å². The van der Waals surface area contributed by atoms with Crippen LogP contribution < -0.4 is 5.32 Å². The van der Waals surface area contributed by atoms with Crippen LogP contribution in [0.3, 0.4) is 0 Å². The quantitative estimate of drug-likeness (QED) is 0.915. The zero-order valence-corrected chi connectivity index (χ0v) is 10.9. The van der Waals surface area contributed by atoms with Crippen LogP contribution in [0.2, 0.25) is 0 Å². The first-order valence-electron chi connectivity index (χ1n) is 6.16. The SMILES string of the molecule is c1cc(Cn2cncn2)cc(NC2CCSC2)c1. The summed E-state index contributed by atoms with van der Waals surface area (Å²) in [6, 6.07) is 9.17. The molecule has 1 aromatic carbocycles. The first-order valence-corrected chi connectivity index (χ1v) is 7.31. The summed E-state index contributed by atoms with van der Waals surface area (Å²) in [5.41, 5.74) is 2.45. The molecule has 94 valence electrons. The fourth-order valence-electron chi connectivity index (χ4n) is 2.14. The van der Waals surface area contributed by atoms with E-state index in [1.165, 1.54) is 29.2 Å². The highest BCUT2D eigenvalue weighted by Crippen LogP contribution is 2.22. The van der Waals surface area contributed by atoms with Crippen molar-refractivity contribution in [1.82, 2.24) is 14.8 Å². The van der Waals surface area contributed by atoms with Gasteiger partial charge >= 0.3 is 0 Å². The van der Waals surface area contributed by atoms with Crippen LogP contribution in [0.5, 0.6) is 0 Å². The molecular formula is C13H16N4S. The normalized spacial score (nSPS) is 19.0. The fraction of sp³-hybridized carbons (Fsp3) is 0.385. The minimum Gasteiger partial charge on any atom is -0.381 e. The van der Waals surface area contributed by atoms with Crippen LogP contribution >= 0.6 is 11.8 Å². The van der Waals surface area contributed by atoms with E-state index in [9.17, 15) is 0 Å². The third-order valence-corrected chi connectivity index (χ3v) is 4.20. The maximum Gasteiger partial charge on any atom is 0.137 e. The van der Waals surface area contributed by atoms with Crippen molar-refractivity contribution in [1.29, 1.82) is 0 Å². The molecule has 1 saturated heterocycles. The van der Waals surface area contributed by atoms with E-state index < -0.39 is 0 Å². The Morgan fingerprint density at radius 2 is 2.44 bits per heavy atom.